The number of carbonyl (C=O) groups is 1. The third-order valence-electron chi connectivity index (χ3n) is 2.29. The minimum Gasteiger partial charge on any atom is -0.497 e. The summed E-state index contributed by atoms with van der Waals surface area (Å²) in [6.45, 7) is 0. The van der Waals surface area contributed by atoms with Crippen LogP contribution in [0.15, 0.2) is 35.1 Å². The number of nitrogens with zero attached hydrogens (tertiary/aromatic N) is 2. The van der Waals surface area contributed by atoms with Crippen molar-refractivity contribution >= 4 is 33.4 Å². The van der Waals surface area contributed by atoms with Crippen molar-refractivity contribution < 1.29 is 14.6 Å². The van der Waals surface area contributed by atoms with E-state index in [1.54, 1.807) is 19.2 Å². The fourth-order valence-electron chi connectivity index (χ4n) is 1.39. The van der Waals surface area contributed by atoms with E-state index in [9.17, 15) is 4.79 Å². The molecule has 1 aromatic carbocycles. The Bertz CT molecular complexity index is 619. The number of carboxylic acids is 1. The summed E-state index contributed by atoms with van der Waals surface area (Å²) in [5.41, 5.74) is 0.584. The third-order valence-corrected chi connectivity index (χ3v) is 2.98. The van der Waals surface area contributed by atoms with Crippen molar-refractivity contribution in [2.24, 2.45) is 0 Å². The first-order valence-electron chi connectivity index (χ1n) is 5.26. The Balaban J connectivity index is 2.30. The number of methoxy groups -OCH3 is 1. The molecule has 0 radical (unpaired) electrons. The van der Waals surface area contributed by atoms with E-state index < -0.39 is 5.97 Å². The van der Waals surface area contributed by atoms with E-state index >= 15 is 0 Å². The molecule has 1 aromatic heterocycles. The Morgan fingerprint density at radius 1 is 1.42 bits per heavy atom. The van der Waals surface area contributed by atoms with Crippen molar-refractivity contribution in [2.45, 2.75) is 0 Å². The van der Waals surface area contributed by atoms with Gasteiger partial charge in [-0.2, -0.15) is 0 Å². The zero-order valence-corrected chi connectivity index (χ0v) is 11.5. The summed E-state index contributed by atoms with van der Waals surface area (Å²) in [6, 6.07) is 5.38. The van der Waals surface area contributed by atoms with E-state index in [0.29, 0.717) is 17.3 Å². The SMILES string of the molecule is COc1ccc(Br)c(Nc2cncc(C(=O)O)n2)c1. The van der Waals surface area contributed by atoms with Gasteiger partial charge >= 0.3 is 5.97 Å². The molecule has 7 heteroatoms. The Kier molecular flexibility index (Phi) is 3.96. The first kappa shape index (κ1) is 13.3. The smallest absolute Gasteiger partial charge is 0.356 e. The number of ether oxygens (including phenoxy) is 1. The van der Waals surface area contributed by atoms with Crippen LogP contribution in [0.25, 0.3) is 0 Å². The molecular weight excluding hydrogens is 314 g/mol. The van der Waals surface area contributed by atoms with Crippen LogP contribution in [0.2, 0.25) is 0 Å². The molecule has 0 aliphatic rings. The fourth-order valence-corrected chi connectivity index (χ4v) is 1.74. The van der Waals surface area contributed by atoms with Crippen LogP contribution in [-0.4, -0.2) is 28.2 Å². The third kappa shape index (κ3) is 3.19. The number of halogens is 1. The molecule has 0 aliphatic carbocycles. The van der Waals surface area contributed by atoms with Gasteiger partial charge in [0.2, 0.25) is 0 Å². The molecule has 0 fully saturated rings. The molecule has 0 amide bonds. The lowest BCUT2D eigenvalue weighted by Gasteiger charge is -2.09. The maximum atomic E-state index is 10.8. The molecule has 98 valence electrons. The van der Waals surface area contributed by atoms with Gasteiger partial charge in [-0.1, -0.05) is 0 Å². The zero-order valence-electron chi connectivity index (χ0n) is 9.92. The maximum absolute atomic E-state index is 10.8. The van der Waals surface area contributed by atoms with Crippen LogP contribution in [0.3, 0.4) is 0 Å². The van der Waals surface area contributed by atoms with Gasteiger partial charge in [-0.05, 0) is 28.1 Å². The molecular formula is C12H10BrN3O3. The molecule has 6 nitrogen and oxygen atoms in total. The second kappa shape index (κ2) is 5.66. The summed E-state index contributed by atoms with van der Waals surface area (Å²) < 4.78 is 5.92. The van der Waals surface area contributed by atoms with Gasteiger partial charge in [0.15, 0.2) is 5.69 Å². The molecule has 0 spiro atoms. The van der Waals surface area contributed by atoms with Gasteiger partial charge in [-0.3, -0.25) is 4.98 Å². The molecule has 0 bridgehead atoms. The predicted molar refractivity (Wildman–Crippen MR) is 73.0 cm³/mol. The first-order chi connectivity index (χ1) is 9.10. The summed E-state index contributed by atoms with van der Waals surface area (Å²) in [7, 11) is 1.57. The van der Waals surface area contributed by atoms with E-state index in [0.717, 1.165) is 4.47 Å². The summed E-state index contributed by atoms with van der Waals surface area (Å²) in [4.78, 5) is 18.6. The van der Waals surface area contributed by atoms with Gasteiger partial charge in [-0.25, -0.2) is 9.78 Å². The number of hydrogen-bond donors (Lipinski definition) is 2. The molecule has 0 unspecified atom stereocenters. The highest BCUT2D eigenvalue weighted by Gasteiger charge is 2.08. The van der Waals surface area contributed by atoms with E-state index in [1.165, 1.54) is 12.4 Å². The molecule has 2 rings (SSSR count). The van der Waals surface area contributed by atoms with E-state index in [-0.39, 0.29) is 5.69 Å². The molecule has 0 aliphatic heterocycles. The topological polar surface area (TPSA) is 84.3 Å². The monoisotopic (exact) mass is 323 g/mol. The Labute approximate surface area is 117 Å². The highest BCUT2D eigenvalue weighted by Crippen LogP contribution is 2.29. The average molecular weight is 324 g/mol. The second-order valence-electron chi connectivity index (χ2n) is 3.57. The quantitative estimate of drug-likeness (QED) is 0.899. The summed E-state index contributed by atoms with van der Waals surface area (Å²) in [5, 5.41) is 11.8. The predicted octanol–water partition coefficient (Wildman–Crippen LogP) is 2.69. The standard InChI is InChI=1S/C12H10BrN3O3/c1-19-7-2-3-8(13)9(4-7)15-11-6-14-5-10(16-11)12(17)18/h2-6H,1H3,(H,15,16)(H,17,18). The number of hydrogen-bond acceptors (Lipinski definition) is 5. The van der Waals surface area contributed by atoms with Crippen molar-refractivity contribution in [2.75, 3.05) is 12.4 Å². The van der Waals surface area contributed by atoms with Gasteiger partial charge in [-0.15, -0.1) is 0 Å². The van der Waals surface area contributed by atoms with Crippen LogP contribution >= 0.6 is 15.9 Å². The second-order valence-corrected chi connectivity index (χ2v) is 4.42. The van der Waals surface area contributed by atoms with Crippen molar-refractivity contribution in [1.29, 1.82) is 0 Å². The summed E-state index contributed by atoms with van der Waals surface area (Å²) in [6.07, 6.45) is 2.63. The normalized spacial score (nSPS) is 10.0. The van der Waals surface area contributed by atoms with Crippen LogP contribution in [0.4, 0.5) is 11.5 Å². The van der Waals surface area contributed by atoms with Crippen LogP contribution in [0, 0.1) is 0 Å². The van der Waals surface area contributed by atoms with Crippen molar-refractivity contribution in [3.05, 3.63) is 40.8 Å². The zero-order chi connectivity index (χ0) is 13.8. The average Bonchev–Trinajstić information content (AvgIpc) is 2.41. The number of aromatic carboxylic acids is 1. The molecule has 19 heavy (non-hydrogen) atoms. The molecule has 0 saturated carbocycles. The lowest BCUT2D eigenvalue weighted by atomic mass is 10.3. The number of nitrogens with one attached hydrogen (secondary N) is 1. The number of aromatic nitrogens is 2. The first-order valence-corrected chi connectivity index (χ1v) is 6.05. The number of rotatable bonds is 4. The van der Waals surface area contributed by atoms with Gasteiger partial charge in [0.1, 0.15) is 11.6 Å². The summed E-state index contributed by atoms with van der Waals surface area (Å²) in [5.74, 6) is -0.109. The Morgan fingerprint density at radius 2 is 2.21 bits per heavy atom. The van der Waals surface area contributed by atoms with Crippen LogP contribution in [0.5, 0.6) is 5.75 Å². The minimum atomic E-state index is -1.12. The van der Waals surface area contributed by atoms with Crippen LogP contribution in [0.1, 0.15) is 10.5 Å². The minimum absolute atomic E-state index is 0.121. The van der Waals surface area contributed by atoms with Crippen molar-refractivity contribution in [3.63, 3.8) is 0 Å². The van der Waals surface area contributed by atoms with Gasteiger partial charge in [0.25, 0.3) is 0 Å². The van der Waals surface area contributed by atoms with Crippen LogP contribution < -0.4 is 10.1 Å². The Hall–Kier alpha value is -2.15. The fraction of sp³-hybridized carbons (Fsp3) is 0.0833. The van der Waals surface area contributed by atoms with Crippen molar-refractivity contribution in [3.8, 4) is 5.75 Å². The van der Waals surface area contributed by atoms with Crippen LogP contribution in [-0.2, 0) is 0 Å². The van der Waals surface area contributed by atoms with Gasteiger partial charge in [0, 0.05) is 10.5 Å². The highest BCUT2D eigenvalue weighted by atomic mass is 79.9. The van der Waals surface area contributed by atoms with Gasteiger partial charge < -0.3 is 15.2 Å². The highest BCUT2D eigenvalue weighted by molar-refractivity contribution is 9.10. The van der Waals surface area contributed by atoms with E-state index in [1.807, 2.05) is 6.07 Å². The largest absolute Gasteiger partial charge is 0.497 e. The Morgan fingerprint density at radius 3 is 2.89 bits per heavy atom. The lowest BCUT2D eigenvalue weighted by Crippen LogP contribution is -2.04. The molecule has 1 heterocycles. The van der Waals surface area contributed by atoms with E-state index in [4.69, 9.17) is 9.84 Å². The van der Waals surface area contributed by atoms with Gasteiger partial charge in [0.05, 0.1) is 25.2 Å². The molecule has 0 saturated heterocycles. The lowest BCUT2D eigenvalue weighted by molar-refractivity contribution is 0.0690. The number of anilines is 2. The molecule has 0 atom stereocenters. The molecule has 2 aromatic rings. The van der Waals surface area contributed by atoms with Crippen molar-refractivity contribution in [1.82, 2.24) is 9.97 Å². The molecule has 2 N–H and O–H groups in total. The summed E-state index contributed by atoms with van der Waals surface area (Å²) >= 11 is 3.38. The number of benzene rings is 1. The maximum Gasteiger partial charge on any atom is 0.356 e. The number of carboxylic acid groups (broad SMARTS) is 1. The van der Waals surface area contributed by atoms with E-state index in [2.05, 4.69) is 31.2 Å².